The van der Waals surface area contributed by atoms with Crippen molar-refractivity contribution < 1.29 is 9.47 Å². The molecule has 2 aromatic heterocycles. The number of rotatable bonds is 4. The Hall–Kier alpha value is -0.920. The lowest BCUT2D eigenvalue weighted by atomic mass is 10.4. The fourth-order valence-corrected chi connectivity index (χ4v) is 2.26. The number of hydrogen-bond donors (Lipinski definition) is 1. The molecule has 16 heavy (non-hydrogen) atoms. The lowest BCUT2D eigenvalue weighted by Crippen LogP contribution is -2.05. The first kappa shape index (κ1) is 11.6. The Morgan fingerprint density at radius 2 is 2.25 bits per heavy atom. The van der Waals surface area contributed by atoms with E-state index in [1.807, 2.05) is 6.07 Å². The predicted octanol–water partition coefficient (Wildman–Crippen LogP) is 2.06. The first-order chi connectivity index (χ1) is 7.70. The van der Waals surface area contributed by atoms with E-state index in [4.69, 9.17) is 15.2 Å². The Labute approximate surface area is 105 Å². The van der Waals surface area contributed by atoms with Crippen LogP contribution in [0.1, 0.15) is 0 Å². The molecule has 0 spiro atoms. The Balaban J connectivity index is 2.27. The van der Waals surface area contributed by atoms with Gasteiger partial charge in [0.15, 0.2) is 5.13 Å². The van der Waals surface area contributed by atoms with Crippen LogP contribution in [0, 0.1) is 0 Å². The van der Waals surface area contributed by atoms with Crippen molar-refractivity contribution in [2.75, 3.05) is 26.1 Å². The number of hydrogen-bond acceptors (Lipinski definition) is 6. The van der Waals surface area contributed by atoms with Crippen LogP contribution in [0.25, 0.3) is 10.3 Å². The Bertz CT molecular complexity index is 503. The zero-order valence-electron chi connectivity index (χ0n) is 8.57. The zero-order valence-corrected chi connectivity index (χ0v) is 11.0. The largest absolute Gasteiger partial charge is 0.474 e. The van der Waals surface area contributed by atoms with Crippen molar-refractivity contribution in [3.8, 4) is 5.88 Å². The van der Waals surface area contributed by atoms with Crippen molar-refractivity contribution in [2.45, 2.75) is 0 Å². The third-order valence-electron chi connectivity index (χ3n) is 1.85. The van der Waals surface area contributed by atoms with E-state index in [9.17, 15) is 0 Å². The van der Waals surface area contributed by atoms with Crippen LogP contribution in [-0.2, 0) is 4.74 Å². The SMILES string of the molecule is COCCOc1nc2sc(N)nc2cc1Br. The molecule has 2 heterocycles. The average molecular weight is 304 g/mol. The van der Waals surface area contributed by atoms with Gasteiger partial charge in [-0.15, -0.1) is 0 Å². The van der Waals surface area contributed by atoms with Gasteiger partial charge in [0.2, 0.25) is 5.88 Å². The second-order valence-corrected chi connectivity index (χ2v) is 4.86. The van der Waals surface area contributed by atoms with Gasteiger partial charge in [-0.2, -0.15) is 4.98 Å². The maximum atomic E-state index is 5.60. The van der Waals surface area contributed by atoms with Gasteiger partial charge >= 0.3 is 0 Å². The first-order valence-electron chi connectivity index (χ1n) is 4.55. The lowest BCUT2D eigenvalue weighted by Gasteiger charge is -2.05. The highest BCUT2D eigenvalue weighted by Gasteiger charge is 2.09. The molecule has 0 amide bonds. The molecule has 2 N–H and O–H groups in total. The number of pyridine rings is 1. The van der Waals surface area contributed by atoms with Crippen LogP contribution in [0.4, 0.5) is 5.13 Å². The molecule has 2 aromatic rings. The molecule has 86 valence electrons. The Morgan fingerprint density at radius 3 is 3.00 bits per heavy atom. The van der Waals surface area contributed by atoms with E-state index in [1.54, 1.807) is 7.11 Å². The van der Waals surface area contributed by atoms with Crippen LogP contribution >= 0.6 is 27.3 Å². The summed E-state index contributed by atoms with van der Waals surface area (Å²) in [5, 5.41) is 0.503. The lowest BCUT2D eigenvalue weighted by molar-refractivity contribution is 0.143. The van der Waals surface area contributed by atoms with E-state index < -0.39 is 0 Å². The van der Waals surface area contributed by atoms with Gasteiger partial charge in [0, 0.05) is 7.11 Å². The van der Waals surface area contributed by atoms with Crippen LogP contribution < -0.4 is 10.5 Å². The quantitative estimate of drug-likeness (QED) is 0.876. The van der Waals surface area contributed by atoms with E-state index in [0.29, 0.717) is 24.2 Å². The van der Waals surface area contributed by atoms with Crippen LogP contribution in [0.15, 0.2) is 10.5 Å². The number of aromatic nitrogens is 2. The molecule has 7 heteroatoms. The molecule has 0 radical (unpaired) electrons. The van der Waals surface area contributed by atoms with Crippen molar-refractivity contribution in [1.29, 1.82) is 0 Å². The molecule has 0 aliphatic rings. The number of nitrogens with two attached hydrogens (primary N) is 1. The molecule has 0 bridgehead atoms. The van der Waals surface area contributed by atoms with E-state index in [2.05, 4.69) is 25.9 Å². The van der Waals surface area contributed by atoms with Gasteiger partial charge in [0.1, 0.15) is 17.0 Å². The zero-order chi connectivity index (χ0) is 11.5. The molecule has 5 nitrogen and oxygen atoms in total. The van der Waals surface area contributed by atoms with Gasteiger partial charge in [-0.05, 0) is 22.0 Å². The van der Waals surface area contributed by atoms with Crippen molar-refractivity contribution in [2.24, 2.45) is 0 Å². The number of halogens is 1. The number of fused-ring (bicyclic) bond motifs is 1. The van der Waals surface area contributed by atoms with E-state index >= 15 is 0 Å². The highest BCUT2D eigenvalue weighted by Crippen LogP contribution is 2.30. The smallest absolute Gasteiger partial charge is 0.229 e. The van der Waals surface area contributed by atoms with E-state index in [-0.39, 0.29) is 0 Å². The van der Waals surface area contributed by atoms with Gasteiger partial charge < -0.3 is 15.2 Å². The second-order valence-electron chi connectivity index (χ2n) is 2.99. The summed E-state index contributed by atoms with van der Waals surface area (Å²) in [6, 6.07) is 1.84. The minimum absolute atomic E-state index is 0.460. The summed E-state index contributed by atoms with van der Waals surface area (Å²) >= 11 is 4.71. The maximum Gasteiger partial charge on any atom is 0.229 e. The monoisotopic (exact) mass is 303 g/mol. The van der Waals surface area contributed by atoms with Crippen molar-refractivity contribution in [1.82, 2.24) is 9.97 Å². The Morgan fingerprint density at radius 1 is 1.44 bits per heavy atom. The fourth-order valence-electron chi connectivity index (χ4n) is 1.17. The van der Waals surface area contributed by atoms with Crippen LogP contribution in [0.5, 0.6) is 5.88 Å². The van der Waals surface area contributed by atoms with Gasteiger partial charge in [-0.25, -0.2) is 4.98 Å². The topological polar surface area (TPSA) is 70.3 Å². The molecule has 0 aromatic carbocycles. The number of thiazole rings is 1. The minimum atomic E-state index is 0.460. The van der Waals surface area contributed by atoms with Crippen molar-refractivity contribution in [3.63, 3.8) is 0 Å². The van der Waals surface area contributed by atoms with Gasteiger partial charge in [0.05, 0.1) is 11.1 Å². The number of anilines is 1. The predicted molar refractivity (Wildman–Crippen MR) is 66.9 cm³/mol. The molecular weight excluding hydrogens is 294 g/mol. The summed E-state index contributed by atoms with van der Waals surface area (Å²) in [5.74, 6) is 0.535. The van der Waals surface area contributed by atoms with Crippen LogP contribution in [0.2, 0.25) is 0 Å². The molecular formula is C9H10BrN3O2S. The maximum absolute atomic E-state index is 5.60. The minimum Gasteiger partial charge on any atom is -0.474 e. The van der Waals surface area contributed by atoms with Crippen molar-refractivity contribution >= 4 is 42.7 Å². The molecule has 0 atom stereocenters. The number of methoxy groups -OCH3 is 1. The molecule has 0 saturated heterocycles. The highest BCUT2D eigenvalue weighted by atomic mass is 79.9. The highest BCUT2D eigenvalue weighted by molar-refractivity contribution is 9.10. The van der Waals surface area contributed by atoms with Gasteiger partial charge in [0.25, 0.3) is 0 Å². The number of ether oxygens (including phenoxy) is 2. The summed E-state index contributed by atoms with van der Waals surface area (Å²) in [5.41, 5.74) is 6.38. The summed E-state index contributed by atoms with van der Waals surface area (Å²) in [6.45, 7) is 0.985. The van der Waals surface area contributed by atoms with Crippen molar-refractivity contribution in [3.05, 3.63) is 10.5 Å². The van der Waals surface area contributed by atoms with E-state index in [0.717, 1.165) is 14.8 Å². The third-order valence-corrected chi connectivity index (χ3v) is 3.21. The molecule has 0 saturated carbocycles. The fraction of sp³-hybridized carbons (Fsp3) is 0.333. The van der Waals surface area contributed by atoms with Crippen LogP contribution in [-0.4, -0.2) is 30.3 Å². The molecule has 0 fully saturated rings. The average Bonchev–Trinajstić information content (AvgIpc) is 2.58. The summed E-state index contributed by atoms with van der Waals surface area (Å²) in [4.78, 5) is 9.23. The first-order valence-corrected chi connectivity index (χ1v) is 6.16. The van der Waals surface area contributed by atoms with E-state index in [1.165, 1.54) is 11.3 Å². The molecule has 0 unspecified atom stereocenters. The second kappa shape index (κ2) is 4.94. The summed E-state index contributed by atoms with van der Waals surface area (Å²) < 4.78 is 11.1. The van der Waals surface area contributed by atoms with Crippen LogP contribution in [0.3, 0.4) is 0 Å². The standard InChI is InChI=1S/C9H10BrN3O2S/c1-14-2-3-15-7-5(10)4-6-8(13-7)16-9(11)12-6/h4H,2-3H2,1H3,(H2,11,12). The molecule has 0 aliphatic carbocycles. The van der Waals surface area contributed by atoms with Gasteiger partial charge in [-0.1, -0.05) is 11.3 Å². The number of nitrogens with zero attached hydrogens (tertiary/aromatic N) is 2. The van der Waals surface area contributed by atoms with Gasteiger partial charge in [-0.3, -0.25) is 0 Å². The Kier molecular flexibility index (Phi) is 3.57. The summed E-state index contributed by atoms with van der Waals surface area (Å²) in [7, 11) is 1.62. The molecule has 0 aliphatic heterocycles. The third kappa shape index (κ3) is 2.42. The summed E-state index contributed by atoms with van der Waals surface area (Å²) in [6.07, 6.45) is 0. The molecule has 2 rings (SSSR count). The normalized spacial score (nSPS) is 10.9. The number of nitrogen functional groups attached to an aromatic ring is 1.